The van der Waals surface area contributed by atoms with Crippen LogP contribution < -0.4 is 0 Å². The van der Waals surface area contributed by atoms with Crippen LogP contribution in [0.3, 0.4) is 0 Å². The topological polar surface area (TPSA) is 38.0 Å². The fourth-order valence-corrected chi connectivity index (χ4v) is 1.31. The van der Waals surface area contributed by atoms with E-state index >= 15 is 0 Å². The van der Waals surface area contributed by atoms with E-state index in [1.807, 2.05) is 12.4 Å². The Balaban J connectivity index is 2.59. The van der Waals surface area contributed by atoms with E-state index in [1.54, 1.807) is 18.5 Å². The normalized spacial score (nSPS) is 12.0. The van der Waals surface area contributed by atoms with Crippen molar-refractivity contribution in [3.63, 3.8) is 0 Å². The number of hydrogen-bond acceptors (Lipinski definition) is 2. The molecule has 13 heavy (non-hydrogen) atoms. The Kier molecular flexibility index (Phi) is 3.09. The SMILES string of the molecule is CCCc1cnn(CC(C)(C)O)c1. The molecule has 0 saturated carbocycles. The van der Waals surface area contributed by atoms with E-state index in [0.29, 0.717) is 6.54 Å². The molecule has 0 amide bonds. The van der Waals surface area contributed by atoms with Crippen LogP contribution in [0.2, 0.25) is 0 Å². The average Bonchev–Trinajstić information content (AvgIpc) is 2.33. The minimum absolute atomic E-state index is 0.552. The quantitative estimate of drug-likeness (QED) is 0.768. The van der Waals surface area contributed by atoms with Gasteiger partial charge in [-0.15, -0.1) is 0 Å². The minimum Gasteiger partial charge on any atom is -0.389 e. The fourth-order valence-electron chi connectivity index (χ4n) is 1.31. The second-order valence-corrected chi connectivity index (χ2v) is 4.11. The van der Waals surface area contributed by atoms with E-state index in [0.717, 1.165) is 12.8 Å². The molecule has 1 aromatic heterocycles. The van der Waals surface area contributed by atoms with Crippen molar-refractivity contribution in [3.8, 4) is 0 Å². The summed E-state index contributed by atoms with van der Waals surface area (Å²) in [5, 5.41) is 13.7. The van der Waals surface area contributed by atoms with E-state index in [9.17, 15) is 5.11 Å². The van der Waals surface area contributed by atoms with Crippen molar-refractivity contribution in [2.45, 2.75) is 45.8 Å². The monoisotopic (exact) mass is 182 g/mol. The number of nitrogens with zero attached hydrogens (tertiary/aromatic N) is 2. The van der Waals surface area contributed by atoms with Gasteiger partial charge < -0.3 is 5.11 Å². The summed E-state index contributed by atoms with van der Waals surface area (Å²) in [4.78, 5) is 0. The summed E-state index contributed by atoms with van der Waals surface area (Å²) in [6.45, 7) is 6.27. The molecule has 0 fully saturated rings. The summed E-state index contributed by atoms with van der Waals surface area (Å²) in [5.74, 6) is 0. The zero-order valence-corrected chi connectivity index (χ0v) is 8.62. The largest absolute Gasteiger partial charge is 0.389 e. The highest BCUT2D eigenvalue weighted by Gasteiger charge is 2.13. The van der Waals surface area contributed by atoms with Crippen LogP contribution in [0.25, 0.3) is 0 Å². The zero-order chi connectivity index (χ0) is 9.90. The molecule has 0 radical (unpaired) electrons. The van der Waals surface area contributed by atoms with Crippen LogP contribution in [0.15, 0.2) is 12.4 Å². The molecule has 0 saturated heterocycles. The van der Waals surface area contributed by atoms with Crippen molar-refractivity contribution in [2.75, 3.05) is 0 Å². The first-order valence-corrected chi connectivity index (χ1v) is 4.75. The Hall–Kier alpha value is -0.830. The lowest BCUT2D eigenvalue weighted by atomic mass is 10.1. The molecule has 0 spiro atoms. The van der Waals surface area contributed by atoms with Crippen molar-refractivity contribution in [1.29, 1.82) is 0 Å². The highest BCUT2D eigenvalue weighted by atomic mass is 16.3. The van der Waals surface area contributed by atoms with Crippen LogP contribution >= 0.6 is 0 Å². The molecule has 74 valence electrons. The maximum Gasteiger partial charge on any atom is 0.0786 e. The van der Waals surface area contributed by atoms with Gasteiger partial charge in [0.1, 0.15) is 0 Å². The first kappa shape index (κ1) is 10.3. The highest BCUT2D eigenvalue weighted by Crippen LogP contribution is 2.07. The Morgan fingerprint density at radius 1 is 1.54 bits per heavy atom. The highest BCUT2D eigenvalue weighted by molar-refractivity contribution is 5.03. The predicted molar refractivity (Wildman–Crippen MR) is 52.5 cm³/mol. The van der Waals surface area contributed by atoms with Gasteiger partial charge in [-0.05, 0) is 25.8 Å². The van der Waals surface area contributed by atoms with E-state index < -0.39 is 5.60 Å². The number of rotatable bonds is 4. The molecule has 0 aromatic carbocycles. The van der Waals surface area contributed by atoms with Crippen molar-refractivity contribution < 1.29 is 5.11 Å². The molecule has 1 heterocycles. The molecule has 0 unspecified atom stereocenters. The summed E-state index contributed by atoms with van der Waals surface area (Å²) in [6.07, 6.45) is 6.07. The summed E-state index contributed by atoms with van der Waals surface area (Å²) >= 11 is 0. The van der Waals surface area contributed by atoms with Crippen LogP contribution in [0.1, 0.15) is 32.8 Å². The Morgan fingerprint density at radius 2 is 2.23 bits per heavy atom. The second kappa shape index (κ2) is 3.92. The van der Waals surface area contributed by atoms with Crippen molar-refractivity contribution in [3.05, 3.63) is 18.0 Å². The maximum atomic E-state index is 9.55. The molecule has 1 rings (SSSR count). The summed E-state index contributed by atoms with van der Waals surface area (Å²) in [5.41, 5.74) is 0.557. The molecular weight excluding hydrogens is 164 g/mol. The first-order chi connectivity index (χ1) is 6.01. The Labute approximate surface area is 79.4 Å². The van der Waals surface area contributed by atoms with Crippen LogP contribution in [-0.2, 0) is 13.0 Å². The van der Waals surface area contributed by atoms with E-state index in [4.69, 9.17) is 0 Å². The van der Waals surface area contributed by atoms with Gasteiger partial charge in [-0.1, -0.05) is 13.3 Å². The molecule has 3 heteroatoms. The van der Waals surface area contributed by atoms with Gasteiger partial charge >= 0.3 is 0 Å². The van der Waals surface area contributed by atoms with Crippen LogP contribution in [0.5, 0.6) is 0 Å². The predicted octanol–water partition coefficient (Wildman–Crippen LogP) is 1.61. The lowest BCUT2D eigenvalue weighted by Gasteiger charge is -2.16. The summed E-state index contributed by atoms with van der Waals surface area (Å²) in [7, 11) is 0. The maximum absolute atomic E-state index is 9.55. The molecule has 0 bridgehead atoms. The Morgan fingerprint density at radius 3 is 2.77 bits per heavy atom. The lowest BCUT2D eigenvalue weighted by Crippen LogP contribution is -2.26. The molecule has 0 aliphatic heterocycles. The molecule has 0 atom stereocenters. The second-order valence-electron chi connectivity index (χ2n) is 4.11. The fraction of sp³-hybridized carbons (Fsp3) is 0.700. The third kappa shape index (κ3) is 3.59. The standard InChI is InChI=1S/C10H18N2O/c1-4-5-9-6-11-12(7-9)8-10(2,3)13/h6-7,13H,4-5,8H2,1-3H3. The van der Waals surface area contributed by atoms with Gasteiger partial charge in [-0.3, -0.25) is 4.68 Å². The van der Waals surface area contributed by atoms with Gasteiger partial charge in [-0.2, -0.15) is 5.10 Å². The average molecular weight is 182 g/mol. The van der Waals surface area contributed by atoms with Crippen molar-refractivity contribution >= 4 is 0 Å². The Bertz CT molecular complexity index is 260. The van der Waals surface area contributed by atoms with E-state index in [1.165, 1.54) is 5.56 Å². The van der Waals surface area contributed by atoms with Gasteiger partial charge in [0.2, 0.25) is 0 Å². The van der Waals surface area contributed by atoms with Gasteiger partial charge in [0, 0.05) is 6.20 Å². The number of aryl methyl sites for hydroxylation is 1. The van der Waals surface area contributed by atoms with Crippen LogP contribution in [0, 0.1) is 0 Å². The zero-order valence-electron chi connectivity index (χ0n) is 8.62. The van der Waals surface area contributed by atoms with Gasteiger partial charge in [0.05, 0.1) is 18.3 Å². The van der Waals surface area contributed by atoms with E-state index in [-0.39, 0.29) is 0 Å². The van der Waals surface area contributed by atoms with Gasteiger partial charge in [0.25, 0.3) is 0 Å². The molecule has 0 aliphatic rings. The molecule has 0 aliphatic carbocycles. The van der Waals surface area contributed by atoms with Crippen molar-refractivity contribution in [1.82, 2.24) is 9.78 Å². The van der Waals surface area contributed by atoms with Crippen LogP contribution in [0.4, 0.5) is 0 Å². The smallest absolute Gasteiger partial charge is 0.0786 e. The summed E-state index contributed by atoms with van der Waals surface area (Å²) in [6, 6.07) is 0. The number of aromatic nitrogens is 2. The molecule has 1 aromatic rings. The molecule has 3 nitrogen and oxygen atoms in total. The van der Waals surface area contributed by atoms with Gasteiger partial charge in [-0.25, -0.2) is 0 Å². The minimum atomic E-state index is -0.685. The lowest BCUT2D eigenvalue weighted by molar-refractivity contribution is 0.0577. The number of aliphatic hydroxyl groups is 1. The van der Waals surface area contributed by atoms with Gasteiger partial charge in [0.15, 0.2) is 0 Å². The third-order valence-corrected chi connectivity index (χ3v) is 1.77. The number of hydrogen-bond donors (Lipinski definition) is 1. The third-order valence-electron chi connectivity index (χ3n) is 1.77. The first-order valence-electron chi connectivity index (χ1n) is 4.75. The van der Waals surface area contributed by atoms with E-state index in [2.05, 4.69) is 12.0 Å². The van der Waals surface area contributed by atoms with Crippen LogP contribution in [-0.4, -0.2) is 20.5 Å². The summed E-state index contributed by atoms with van der Waals surface area (Å²) < 4.78 is 1.80. The molecular formula is C10H18N2O. The van der Waals surface area contributed by atoms with Crippen molar-refractivity contribution in [2.24, 2.45) is 0 Å². The molecule has 1 N–H and O–H groups in total.